The molecular formula is C24H26N2O3S. The van der Waals surface area contributed by atoms with Gasteiger partial charge in [0.2, 0.25) is 0 Å². The van der Waals surface area contributed by atoms with Crippen molar-refractivity contribution < 1.29 is 13.2 Å². The van der Waals surface area contributed by atoms with Crippen molar-refractivity contribution in [3.05, 3.63) is 94.5 Å². The molecule has 0 aromatic heterocycles. The van der Waals surface area contributed by atoms with Crippen molar-refractivity contribution in [3.63, 3.8) is 0 Å². The molecule has 0 saturated heterocycles. The van der Waals surface area contributed by atoms with E-state index in [0.717, 1.165) is 16.7 Å². The Morgan fingerprint density at radius 3 is 2.20 bits per heavy atom. The van der Waals surface area contributed by atoms with Gasteiger partial charge in [0.15, 0.2) is 0 Å². The van der Waals surface area contributed by atoms with Gasteiger partial charge in [-0.3, -0.25) is 9.52 Å². The normalized spacial score (nSPS) is 12.3. The summed E-state index contributed by atoms with van der Waals surface area (Å²) in [7, 11) is -3.84. The highest BCUT2D eigenvalue weighted by atomic mass is 32.2. The molecule has 0 bridgehead atoms. The molecule has 5 nitrogen and oxygen atoms in total. The van der Waals surface area contributed by atoms with Crippen molar-refractivity contribution in [3.8, 4) is 0 Å². The molecule has 0 saturated carbocycles. The fraction of sp³-hybridized carbons (Fsp3) is 0.208. The minimum atomic E-state index is -3.84. The van der Waals surface area contributed by atoms with Gasteiger partial charge in [-0.1, -0.05) is 54.1 Å². The molecule has 0 fully saturated rings. The first kappa shape index (κ1) is 21.6. The van der Waals surface area contributed by atoms with Gasteiger partial charge in [-0.2, -0.15) is 0 Å². The molecule has 3 aromatic rings. The van der Waals surface area contributed by atoms with Gasteiger partial charge in [-0.15, -0.1) is 0 Å². The van der Waals surface area contributed by atoms with Gasteiger partial charge in [0, 0.05) is 5.56 Å². The smallest absolute Gasteiger partial charge is 0.262 e. The Hall–Kier alpha value is -3.12. The molecule has 0 unspecified atom stereocenters. The lowest BCUT2D eigenvalue weighted by Gasteiger charge is -2.16. The second-order valence-electron chi connectivity index (χ2n) is 7.51. The van der Waals surface area contributed by atoms with Crippen LogP contribution in [0.5, 0.6) is 0 Å². The lowest BCUT2D eigenvalue weighted by Crippen LogP contribution is -2.27. The quantitative estimate of drug-likeness (QED) is 0.593. The number of rotatable bonds is 6. The number of carbonyl (C=O) groups excluding carboxylic acids is 1. The summed E-state index contributed by atoms with van der Waals surface area (Å²) in [5, 5.41) is 2.93. The number of hydrogen-bond donors (Lipinski definition) is 2. The first-order valence-corrected chi connectivity index (χ1v) is 11.2. The average molecular weight is 423 g/mol. The Morgan fingerprint density at radius 1 is 0.867 bits per heavy atom. The number of aryl methyl sites for hydroxylation is 3. The highest BCUT2D eigenvalue weighted by Crippen LogP contribution is 2.23. The fourth-order valence-electron chi connectivity index (χ4n) is 3.14. The predicted octanol–water partition coefficient (Wildman–Crippen LogP) is 4.90. The van der Waals surface area contributed by atoms with E-state index in [1.807, 2.05) is 57.2 Å². The topological polar surface area (TPSA) is 75.3 Å². The molecule has 0 aliphatic rings. The molecule has 1 amide bonds. The van der Waals surface area contributed by atoms with Crippen molar-refractivity contribution in [1.82, 2.24) is 5.32 Å². The Labute approximate surface area is 178 Å². The first-order valence-electron chi connectivity index (χ1n) is 9.74. The summed E-state index contributed by atoms with van der Waals surface area (Å²) in [5.41, 5.74) is 4.32. The van der Waals surface area contributed by atoms with E-state index in [1.54, 1.807) is 31.2 Å². The van der Waals surface area contributed by atoms with E-state index < -0.39 is 10.0 Å². The van der Waals surface area contributed by atoms with Crippen LogP contribution in [0.3, 0.4) is 0 Å². The fourth-order valence-corrected chi connectivity index (χ4v) is 4.54. The van der Waals surface area contributed by atoms with Crippen LogP contribution in [-0.4, -0.2) is 14.3 Å². The van der Waals surface area contributed by atoms with Crippen LogP contribution >= 0.6 is 0 Å². The molecule has 0 heterocycles. The maximum atomic E-state index is 13.0. The number of hydrogen-bond acceptors (Lipinski definition) is 3. The van der Waals surface area contributed by atoms with Crippen molar-refractivity contribution in [2.24, 2.45) is 0 Å². The monoisotopic (exact) mass is 422 g/mol. The van der Waals surface area contributed by atoms with Gasteiger partial charge < -0.3 is 5.32 Å². The third-order valence-corrected chi connectivity index (χ3v) is 6.56. The summed E-state index contributed by atoms with van der Waals surface area (Å²) >= 11 is 0. The van der Waals surface area contributed by atoms with Crippen molar-refractivity contribution in [2.45, 2.75) is 38.6 Å². The molecule has 1 atom stereocenters. The number of anilines is 1. The predicted molar refractivity (Wildman–Crippen MR) is 120 cm³/mol. The molecule has 30 heavy (non-hydrogen) atoms. The van der Waals surface area contributed by atoms with Crippen LogP contribution in [-0.2, 0) is 10.0 Å². The Balaban J connectivity index is 1.84. The lowest BCUT2D eigenvalue weighted by atomic mass is 10.1. The maximum Gasteiger partial charge on any atom is 0.262 e. The summed E-state index contributed by atoms with van der Waals surface area (Å²) in [6.07, 6.45) is 0. The number of nitrogens with one attached hydrogen (secondary N) is 2. The molecule has 0 aliphatic heterocycles. The summed E-state index contributed by atoms with van der Waals surface area (Å²) in [5.74, 6) is -0.324. The van der Waals surface area contributed by atoms with Crippen molar-refractivity contribution >= 4 is 21.6 Å². The minimum Gasteiger partial charge on any atom is -0.346 e. The molecule has 6 heteroatoms. The van der Waals surface area contributed by atoms with Gasteiger partial charge in [-0.05, 0) is 62.6 Å². The number of carbonyl (C=O) groups is 1. The van der Waals surface area contributed by atoms with E-state index in [-0.39, 0.29) is 16.8 Å². The summed E-state index contributed by atoms with van der Waals surface area (Å²) in [4.78, 5) is 12.9. The van der Waals surface area contributed by atoms with E-state index in [2.05, 4.69) is 10.0 Å². The standard InChI is InChI=1S/C24H26N2O3S/c1-16-9-12-20(13-10-16)19(4)25-24(27)21-14-11-18(3)23(15-21)30(28,29)26-22-8-6-5-7-17(22)2/h5-15,19,26H,1-4H3,(H,25,27)/t19-/m1/s1. The Kier molecular flexibility index (Phi) is 6.27. The van der Waals surface area contributed by atoms with Crippen LogP contribution in [0.2, 0.25) is 0 Å². The average Bonchev–Trinajstić information content (AvgIpc) is 2.70. The number of benzene rings is 3. The van der Waals surface area contributed by atoms with Crippen LogP contribution in [0.15, 0.2) is 71.6 Å². The molecule has 0 spiro atoms. The zero-order valence-electron chi connectivity index (χ0n) is 17.6. The summed E-state index contributed by atoms with van der Waals surface area (Å²) < 4.78 is 28.6. The zero-order valence-corrected chi connectivity index (χ0v) is 18.4. The zero-order chi connectivity index (χ0) is 21.9. The van der Waals surface area contributed by atoms with Crippen molar-refractivity contribution in [2.75, 3.05) is 4.72 Å². The number of amides is 1. The SMILES string of the molecule is Cc1ccc([C@@H](C)NC(=O)c2ccc(C)c(S(=O)(=O)Nc3ccccc3C)c2)cc1. The van der Waals surface area contributed by atoms with E-state index in [1.165, 1.54) is 6.07 Å². The minimum absolute atomic E-state index is 0.0846. The van der Waals surface area contributed by atoms with Crippen LogP contribution in [0.25, 0.3) is 0 Å². The van der Waals surface area contributed by atoms with E-state index in [4.69, 9.17) is 0 Å². The molecule has 0 radical (unpaired) electrons. The van der Waals surface area contributed by atoms with Gasteiger partial charge in [-0.25, -0.2) is 8.42 Å². The van der Waals surface area contributed by atoms with E-state index in [9.17, 15) is 13.2 Å². The van der Waals surface area contributed by atoms with Gasteiger partial charge >= 0.3 is 0 Å². The van der Waals surface area contributed by atoms with E-state index in [0.29, 0.717) is 16.8 Å². The third kappa shape index (κ3) is 4.89. The van der Waals surface area contributed by atoms with Crippen LogP contribution in [0.4, 0.5) is 5.69 Å². The highest BCUT2D eigenvalue weighted by Gasteiger charge is 2.20. The van der Waals surface area contributed by atoms with Crippen molar-refractivity contribution in [1.29, 1.82) is 0 Å². The number of sulfonamides is 1. The molecular weight excluding hydrogens is 396 g/mol. The van der Waals surface area contributed by atoms with E-state index >= 15 is 0 Å². The molecule has 3 aromatic carbocycles. The second-order valence-corrected chi connectivity index (χ2v) is 9.16. The molecule has 3 rings (SSSR count). The Morgan fingerprint density at radius 2 is 1.53 bits per heavy atom. The molecule has 2 N–H and O–H groups in total. The third-order valence-electron chi connectivity index (χ3n) is 5.05. The summed E-state index contributed by atoms with van der Waals surface area (Å²) in [6, 6.07) is 19.6. The second kappa shape index (κ2) is 8.71. The van der Waals surface area contributed by atoms with Crippen LogP contribution in [0.1, 0.15) is 45.6 Å². The van der Waals surface area contributed by atoms with Gasteiger partial charge in [0.05, 0.1) is 16.6 Å². The maximum absolute atomic E-state index is 13.0. The van der Waals surface area contributed by atoms with Crippen LogP contribution < -0.4 is 10.0 Å². The first-order chi connectivity index (χ1) is 14.2. The van der Waals surface area contributed by atoms with Gasteiger partial charge in [0.25, 0.3) is 15.9 Å². The number of para-hydroxylation sites is 1. The Bertz CT molecular complexity index is 1170. The molecule has 156 valence electrons. The van der Waals surface area contributed by atoms with Gasteiger partial charge in [0.1, 0.15) is 0 Å². The highest BCUT2D eigenvalue weighted by molar-refractivity contribution is 7.92. The summed E-state index contributed by atoms with van der Waals surface area (Å²) in [6.45, 7) is 7.45. The largest absolute Gasteiger partial charge is 0.346 e. The lowest BCUT2D eigenvalue weighted by molar-refractivity contribution is 0.0939. The molecule has 0 aliphatic carbocycles. The van der Waals surface area contributed by atoms with Crippen LogP contribution in [0, 0.1) is 20.8 Å².